The number of likely N-dealkylation sites (tertiary alicyclic amines) is 1. The fourth-order valence-electron chi connectivity index (χ4n) is 3.04. The van der Waals surface area contributed by atoms with E-state index in [-0.39, 0.29) is 11.9 Å². The molecule has 0 aromatic carbocycles. The molecule has 1 N–H and O–H groups in total. The Balaban J connectivity index is 1.74. The Morgan fingerprint density at radius 2 is 2.19 bits per heavy atom. The number of aryl methyl sites for hydroxylation is 1. The Labute approximate surface area is 126 Å². The van der Waals surface area contributed by atoms with Gasteiger partial charge in [-0.3, -0.25) is 4.79 Å². The molecule has 1 atom stereocenters. The van der Waals surface area contributed by atoms with E-state index in [4.69, 9.17) is 0 Å². The highest BCUT2D eigenvalue weighted by molar-refractivity contribution is 5.76. The van der Waals surface area contributed by atoms with Gasteiger partial charge >= 0.3 is 0 Å². The Morgan fingerprint density at radius 3 is 2.76 bits per heavy atom. The third kappa shape index (κ3) is 4.52. The smallest absolute Gasteiger partial charge is 0.220 e. The van der Waals surface area contributed by atoms with Crippen molar-refractivity contribution >= 4 is 5.91 Å². The lowest BCUT2D eigenvalue weighted by molar-refractivity contribution is -0.123. The standard InChI is InChI=1S/C15H27N5O/c1-4-7-20-8-5-13(6-9-20)10-14(21)17-12(2)15-18-16-11-19(15)3/h11-13H,4-10H2,1-3H3,(H,17,21)/t12-/m0/s1. The molecular weight excluding hydrogens is 266 g/mol. The molecule has 2 heterocycles. The molecule has 1 aliphatic heterocycles. The summed E-state index contributed by atoms with van der Waals surface area (Å²) in [4.78, 5) is 14.6. The topological polar surface area (TPSA) is 63.1 Å². The third-order valence-electron chi connectivity index (χ3n) is 4.23. The number of hydrogen-bond donors (Lipinski definition) is 1. The zero-order valence-corrected chi connectivity index (χ0v) is 13.4. The first kappa shape index (κ1) is 15.9. The normalized spacial score (nSPS) is 18.6. The van der Waals surface area contributed by atoms with Crippen molar-refractivity contribution in [3.05, 3.63) is 12.2 Å². The SMILES string of the molecule is CCCN1CCC(CC(=O)N[C@@H](C)c2nncn2C)CC1. The molecule has 6 nitrogen and oxygen atoms in total. The van der Waals surface area contributed by atoms with Crippen LogP contribution in [0.15, 0.2) is 6.33 Å². The number of nitrogens with zero attached hydrogens (tertiary/aromatic N) is 4. The molecule has 1 fully saturated rings. The predicted molar refractivity (Wildman–Crippen MR) is 81.6 cm³/mol. The fourth-order valence-corrected chi connectivity index (χ4v) is 3.04. The van der Waals surface area contributed by atoms with Gasteiger partial charge in [-0.1, -0.05) is 6.92 Å². The second-order valence-electron chi connectivity index (χ2n) is 6.08. The molecule has 118 valence electrons. The molecule has 21 heavy (non-hydrogen) atoms. The average Bonchev–Trinajstić information content (AvgIpc) is 2.87. The maximum atomic E-state index is 12.2. The van der Waals surface area contributed by atoms with Crippen molar-refractivity contribution in [1.29, 1.82) is 0 Å². The molecule has 1 aliphatic rings. The maximum absolute atomic E-state index is 12.2. The van der Waals surface area contributed by atoms with Gasteiger partial charge in [0, 0.05) is 13.5 Å². The van der Waals surface area contributed by atoms with Gasteiger partial charge < -0.3 is 14.8 Å². The van der Waals surface area contributed by atoms with Crippen molar-refractivity contribution in [2.45, 2.75) is 45.6 Å². The average molecular weight is 293 g/mol. The minimum absolute atomic E-state index is 0.0924. The van der Waals surface area contributed by atoms with Crippen LogP contribution in [0.4, 0.5) is 0 Å². The zero-order valence-electron chi connectivity index (χ0n) is 13.4. The van der Waals surface area contributed by atoms with Crippen molar-refractivity contribution in [2.24, 2.45) is 13.0 Å². The predicted octanol–water partition coefficient (Wildman–Crippen LogP) is 1.50. The lowest BCUT2D eigenvalue weighted by Gasteiger charge is -2.31. The summed E-state index contributed by atoms with van der Waals surface area (Å²) in [7, 11) is 1.89. The molecule has 0 bridgehead atoms. The summed E-state index contributed by atoms with van der Waals surface area (Å²) in [5.41, 5.74) is 0. The molecule has 0 radical (unpaired) electrons. The first-order valence-electron chi connectivity index (χ1n) is 7.95. The van der Waals surface area contributed by atoms with E-state index in [1.165, 1.54) is 13.0 Å². The van der Waals surface area contributed by atoms with Crippen molar-refractivity contribution < 1.29 is 4.79 Å². The molecule has 1 aromatic heterocycles. The van der Waals surface area contributed by atoms with Crippen molar-refractivity contribution in [2.75, 3.05) is 19.6 Å². The van der Waals surface area contributed by atoms with Crippen LogP contribution in [0, 0.1) is 5.92 Å². The van der Waals surface area contributed by atoms with Crippen LogP contribution < -0.4 is 5.32 Å². The Hall–Kier alpha value is -1.43. The second kappa shape index (κ2) is 7.54. The number of aromatic nitrogens is 3. The molecule has 0 unspecified atom stereocenters. The highest BCUT2D eigenvalue weighted by Gasteiger charge is 2.22. The molecule has 1 saturated heterocycles. The van der Waals surface area contributed by atoms with Crippen LogP contribution in [0.25, 0.3) is 0 Å². The van der Waals surface area contributed by atoms with Gasteiger partial charge in [-0.25, -0.2) is 0 Å². The lowest BCUT2D eigenvalue weighted by Crippen LogP contribution is -2.36. The molecular formula is C15H27N5O. The minimum Gasteiger partial charge on any atom is -0.346 e. The minimum atomic E-state index is -0.0924. The number of hydrogen-bond acceptors (Lipinski definition) is 4. The number of carbonyl (C=O) groups is 1. The summed E-state index contributed by atoms with van der Waals surface area (Å²) in [6, 6.07) is -0.0924. The van der Waals surface area contributed by atoms with Crippen molar-refractivity contribution in [1.82, 2.24) is 25.0 Å². The molecule has 2 rings (SSSR count). The van der Waals surface area contributed by atoms with E-state index in [0.29, 0.717) is 12.3 Å². The summed E-state index contributed by atoms with van der Waals surface area (Å²) in [6.45, 7) is 7.61. The van der Waals surface area contributed by atoms with E-state index in [2.05, 4.69) is 27.3 Å². The van der Waals surface area contributed by atoms with Crippen LogP contribution in [-0.4, -0.2) is 45.2 Å². The number of rotatable bonds is 6. The number of piperidine rings is 1. The van der Waals surface area contributed by atoms with Gasteiger partial charge in [-0.15, -0.1) is 10.2 Å². The van der Waals surface area contributed by atoms with Gasteiger partial charge in [0.1, 0.15) is 6.33 Å². The molecule has 6 heteroatoms. The third-order valence-corrected chi connectivity index (χ3v) is 4.23. The van der Waals surface area contributed by atoms with Gasteiger partial charge in [-0.2, -0.15) is 0 Å². The van der Waals surface area contributed by atoms with E-state index < -0.39 is 0 Å². The summed E-state index contributed by atoms with van der Waals surface area (Å²) in [6.07, 6.45) is 5.75. The number of carbonyl (C=O) groups excluding carboxylic acids is 1. The van der Waals surface area contributed by atoms with Crippen LogP contribution in [0.2, 0.25) is 0 Å². The Kier molecular flexibility index (Phi) is 5.73. The highest BCUT2D eigenvalue weighted by Crippen LogP contribution is 2.21. The second-order valence-corrected chi connectivity index (χ2v) is 6.08. The fraction of sp³-hybridized carbons (Fsp3) is 0.800. The summed E-state index contributed by atoms with van der Waals surface area (Å²) < 4.78 is 1.84. The van der Waals surface area contributed by atoms with Gasteiger partial charge in [-0.05, 0) is 51.7 Å². The van der Waals surface area contributed by atoms with E-state index in [9.17, 15) is 4.79 Å². The first-order valence-corrected chi connectivity index (χ1v) is 7.95. The van der Waals surface area contributed by atoms with E-state index in [1.54, 1.807) is 6.33 Å². The van der Waals surface area contributed by atoms with Crippen molar-refractivity contribution in [3.8, 4) is 0 Å². The zero-order chi connectivity index (χ0) is 15.2. The quantitative estimate of drug-likeness (QED) is 0.863. The number of amides is 1. The summed E-state index contributed by atoms with van der Waals surface area (Å²) in [5, 5.41) is 10.9. The molecule has 1 aromatic rings. The van der Waals surface area contributed by atoms with Crippen LogP contribution in [0.3, 0.4) is 0 Å². The molecule has 0 aliphatic carbocycles. The number of nitrogens with one attached hydrogen (secondary N) is 1. The van der Waals surface area contributed by atoms with E-state index >= 15 is 0 Å². The first-order chi connectivity index (χ1) is 10.1. The monoisotopic (exact) mass is 293 g/mol. The highest BCUT2D eigenvalue weighted by atomic mass is 16.1. The van der Waals surface area contributed by atoms with Crippen LogP contribution in [0.1, 0.15) is 51.4 Å². The van der Waals surface area contributed by atoms with Crippen LogP contribution in [0.5, 0.6) is 0 Å². The van der Waals surface area contributed by atoms with Gasteiger partial charge in [0.25, 0.3) is 0 Å². The largest absolute Gasteiger partial charge is 0.346 e. The maximum Gasteiger partial charge on any atom is 0.220 e. The molecule has 1 amide bonds. The Bertz CT molecular complexity index is 451. The van der Waals surface area contributed by atoms with Crippen LogP contribution >= 0.6 is 0 Å². The van der Waals surface area contributed by atoms with Gasteiger partial charge in [0.2, 0.25) is 5.91 Å². The van der Waals surface area contributed by atoms with Crippen molar-refractivity contribution in [3.63, 3.8) is 0 Å². The molecule has 0 saturated carbocycles. The van der Waals surface area contributed by atoms with E-state index in [0.717, 1.165) is 31.8 Å². The summed E-state index contributed by atoms with van der Waals surface area (Å²) >= 11 is 0. The van der Waals surface area contributed by atoms with Crippen LogP contribution in [-0.2, 0) is 11.8 Å². The summed E-state index contributed by atoms with van der Waals surface area (Å²) in [5.74, 6) is 1.44. The lowest BCUT2D eigenvalue weighted by atomic mass is 9.93. The Morgan fingerprint density at radius 1 is 1.48 bits per heavy atom. The van der Waals surface area contributed by atoms with Gasteiger partial charge in [0.05, 0.1) is 6.04 Å². The van der Waals surface area contributed by atoms with E-state index in [1.807, 2.05) is 18.5 Å². The van der Waals surface area contributed by atoms with Gasteiger partial charge in [0.15, 0.2) is 5.82 Å². The molecule has 0 spiro atoms.